The number of nitrogens with zero attached hydrogens (tertiary/aromatic N) is 3. The van der Waals surface area contributed by atoms with Gasteiger partial charge >= 0.3 is 5.97 Å². The molecule has 1 aromatic heterocycles. The molecule has 7 heteroatoms. The number of aromatic nitrogens is 4. The van der Waals surface area contributed by atoms with Crippen molar-refractivity contribution in [3.63, 3.8) is 0 Å². The van der Waals surface area contributed by atoms with Crippen molar-refractivity contribution in [2.75, 3.05) is 0 Å². The van der Waals surface area contributed by atoms with Crippen LogP contribution in [0.1, 0.15) is 6.42 Å². The van der Waals surface area contributed by atoms with Crippen molar-refractivity contribution in [1.29, 1.82) is 0 Å². The fourth-order valence-electron chi connectivity index (χ4n) is 0.392. The molecule has 0 spiro atoms. The van der Waals surface area contributed by atoms with Gasteiger partial charge in [0.1, 0.15) is 0 Å². The first kappa shape index (κ1) is 7.99. The predicted molar refractivity (Wildman–Crippen MR) is 36.6 cm³/mol. The van der Waals surface area contributed by atoms with E-state index in [0.29, 0.717) is 5.16 Å². The molecular formula is C4H5N4O2S. The lowest BCUT2D eigenvalue weighted by molar-refractivity contribution is -0.136. The first-order valence-electron chi connectivity index (χ1n) is 2.73. The minimum absolute atomic E-state index is 0.00856. The first-order chi connectivity index (χ1) is 5.29. The van der Waals surface area contributed by atoms with Crippen LogP contribution in [0.15, 0.2) is 5.16 Å². The number of thioether (sulfide) groups is 1. The number of tetrazole rings is 1. The fraction of sp³-hybridized carbons (Fsp3) is 0.250. The van der Waals surface area contributed by atoms with Crippen molar-refractivity contribution in [2.24, 2.45) is 0 Å². The number of H-pyrrole nitrogens is 1. The molecule has 2 N–H and O–H groups in total. The summed E-state index contributed by atoms with van der Waals surface area (Å²) in [5.74, 6) is 0.634. The van der Waals surface area contributed by atoms with Gasteiger partial charge in [0.2, 0.25) is 5.16 Å². The Morgan fingerprint density at radius 1 is 1.82 bits per heavy atom. The molecule has 1 rings (SSSR count). The van der Waals surface area contributed by atoms with Crippen LogP contribution in [0, 0.1) is 5.75 Å². The van der Waals surface area contributed by atoms with Crippen LogP contribution in [0.2, 0.25) is 0 Å². The molecule has 0 bridgehead atoms. The van der Waals surface area contributed by atoms with E-state index in [0.717, 1.165) is 11.8 Å². The normalized spacial score (nSPS) is 9.82. The van der Waals surface area contributed by atoms with Gasteiger partial charge in [0.15, 0.2) is 0 Å². The van der Waals surface area contributed by atoms with Gasteiger partial charge in [-0.15, -0.1) is 5.10 Å². The largest absolute Gasteiger partial charge is 0.481 e. The zero-order valence-electron chi connectivity index (χ0n) is 5.39. The Balaban J connectivity index is 2.19. The van der Waals surface area contributed by atoms with E-state index in [9.17, 15) is 4.79 Å². The highest BCUT2D eigenvalue weighted by Gasteiger charge is 2.00. The molecule has 1 heterocycles. The molecule has 1 aromatic rings. The fourth-order valence-corrected chi connectivity index (χ4v) is 0.953. The van der Waals surface area contributed by atoms with E-state index in [2.05, 4.69) is 20.6 Å². The molecule has 11 heavy (non-hydrogen) atoms. The van der Waals surface area contributed by atoms with E-state index < -0.39 is 5.97 Å². The molecule has 0 fully saturated rings. The molecule has 0 aliphatic rings. The number of carboxylic acid groups (broad SMARTS) is 1. The van der Waals surface area contributed by atoms with Crippen LogP contribution in [-0.2, 0) is 4.79 Å². The maximum absolute atomic E-state index is 10.0. The van der Waals surface area contributed by atoms with Gasteiger partial charge in [0, 0.05) is 5.75 Å². The van der Waals surface area contributed by atoms with E-state index in [1.54, 1.807) is 0 Å². The Hall–Kier alpha value is -1.11. The first-order valence-corrected chi connectivity index (χ1v) is 3.61. The number of rotatable bonds is 4. The standard InChI is InChI=1S/C4H5N4O2S/c9-3(10)1-2-11-4-5-7-8-6-4/h2H,1H2,(H,9,10)(H,5,6,7,8). The van der Waals surface area contributed by atoms with E-state index in [1.165, 1.54) is 5.75 Å². The van der Waals surface area contributed by atoms with Crippen molar-refractivity contribution < 1.29 is 9.90 Å². The third-order valence-corrected chi connectivity index (χ3v) is 1.51. The van der Waals surface area contributed by atoms with E-state index in [-0.39, 0.29) is 6.42 Å². The Morgan fingerprint density at radius 3 is 3.18 bits per heavy atom. The number of aromatic amines is 1. The highest BCUT2D eigenvalue weighted by Crippen LogP contribution is 2.15. The highest BCUT2D eigenvalue weighted by molar-refractivity contribution is 8.01. The summed E-state index contributed by atoms with van der Waals surface area (Å²) in [6.45, 7) is 0. The average Bonchev–Trinajstić information content (AvgIpc) is 2.39. The molecule has 1 radical (unpaired) electrons. The number of nitrogens with one attached hydrogen (secondary N) is 1. The van der Waals surface area contributed by atoms with Gasteiger partial charge in [-0.05, 0) is 10.4 Å². The maximum Gasteiger partial charge on any atom is 0.304 e. The second-order valence-corrected chi connectivity index (χ2v) is 2.54. The van der Waals surface area contributed by atoms with Gasteiger partial charge in [0.25, 0.3) is 0 Å². The van der Waals surface area contributed by atoms with E-state index in [4.69, 9.17) is 5.11 Å². The summed E-state index contributed by atoms with van der Waals surface area (Å²) in [6.07, 6.45) is -0.00856. The minimum Gasteiger partial charge on any atom is -0.481 e. The average molecular weight is 173 g/mol. The van der Waals surface area contributed by atoms with Gasteiger partial charge in [-0.2, -0.15) is 0 Å². The monoisotopic (exact) mass is 173 g/mol. The van der Waals surface area contributed by atoms with Crippen LogP contribution in [0.5, 0.6) is 0 Å². The SMILES string of the molecule is O=C(O)C[CH]Sc1nnn[nH]1. The Labute approximate surface area is 66.4 Å². The van der Waals surface area contributed by atoms with Crippen molar-refractivity contribution in [3.05, 3.63) is 5.75 Å². The summed E-state index contributed by atoms with van der Waals surface area (Å²) in [5, 5.41) is 21.4. The van der Waals surface area contributed by atoms with Crippen molar-refractivity contribution in [3.8, 4) is 0 Å². The zero-order valence-corrected chi connectivity index (χ0v) is 6.21. The number of aliphatic carboxylic acids is 1. The molecule has 0 aliphatic carbocycles. The zero-order chi connectivity index (χ0) is 8.10. The number of hydrogen-bond donors (Lipinski definition) is 2. The summed E-state index contributed by atoms with van der Waals surface area (Å²) in [7, 11) is 0. The molecule has 0 saturated heterocycles. The topological polar surface area (TPSA) is 91.8 Å². The maximum atomic E-state index is 10.0. The summed E-state index contributed by atoms with van der Waals surface area (Å²) < 4.78 is 0. The quantitative estimate of drug-likeness (QED) is 0.619. The molecule has 0 aliphatic heterocycles. The summed E-state index contributed by atoms with van der Waals surface area (Å²) in [4.78, 5) is 10.0. The number of carbonyl (C=O) groups is 1. The lowest BCUT2D eigenvalue weighted by atomic mass is 10.5. The van der Waals surface area contributed by atoms with Gasteiger partial charge in [0.05, 0.1) is 6.42 Å². The molecule has 6 nitrogen and oxygen atoms in total. The predicted octanol–water partition coefficient (Wildman–Crippen LogP) is -0.0717. The molecule has 59 valence electrons. The Morgan fingerprint density at radius 2 is 2.64 bits per heavy atom. The Bertz CT molecular complexity index is 224. The molecule has 0 aromatic carbocycles. The van der Waals surface area contributed by atoms with E-state index >= 15 is 0 Å². The molecule has 0 unspecified atom stereocenters. The molecule has 0 amide bonds. The second-order valence-electron chi connectivity index (χ2n) is 1.59. The van der Waals surface area contributed by atoms with Gasteiger partial charge in [-0.1, -0.05) is 11.8 Å². The molecule has 0 atom stereocenters. The van der Waals surface area contributed by atoms with Crippen molar-refractivity contribution in [2.45, 2.75) is 11.6 Å². The van der Waals surface area contributed by atoms with Crippen LogP contribution < -0.4 is 0 Å². The van der Waals surface area contributed by atoms with Gasteiger partial charge < -0.3 is 5.11 Å². The van der Waals surface area contributed by atoms with Gasteiger partial charge in [-0.3, -0.25) is 4.79 Å². The lowest BCUT2D eigenvalue weighted by Crippen LogP contribution is -1.92. The third-order valence-electron chi connectivity index (χ3n) is 0.779. The van der Waals surface area contributed by atoms with Crippen LogP contribution in [0.3, 0.4) is 0 Å². The summed E-state index contributed by atoms with van der Waals surface area (Å²) >= 11 is 1.16. The second kappa shape index (κ2) is 3.91. The van der Waals surface area contributed by atoms with Gasteiger partial charge in [-0.25, -0.2) is 5.10 Å². The Kier molecular flexibility index (Phi) is 2.84. The van der Waals surface area contributed by atoms with Crippen LogP contribution in [0.25, 0.3) is 0 Å². The molecule has 0 saturated carbocycles. The van der Waals surface area contributed by atoms with Crippen molar-refractivity contribution >= 4 is 17.7 Å². The highest BCUT2D eigenvalue weighted by atomic mass is 32.2. The minimum atomic E-state index is -0.870. The lowest BCUT2D eigenvalue weighted by Gasteiger charge is -1.89. The van der Waals surface area contributed by atoms with Crippen LogP contribution in [-0.4, -0.2) is 31.7 Å². The number of hydrogen-bond acceptors (Lipinski definition) is 5. The summed E-state index contributed by atoms with van der Waals surface area (Å²) in [6, 6.07) is 0. The molecular weight excluding hydrogens is 168 g/mol. The van der Waals surface area contributed by atoms with Crippen LogP contribution in [0.4, 0.5) is 0 Å². The number of carboxylic acids is 1. The summed E-state index contributed by atoms with van der Waals surface area (Å²) in [5.41, 5.74) is 0. The third kappa shape index (κ3) is 2.99. The van der Waals surface area contributed by atoms with Crippen LogP contribution >= 0.6 is 11.8 Å². The van der Waals surface area contributed by atoms with E-state index in [1.807, 2.05) is 0 Å². The smallest absolute Gasteiger partial charge is 0.304 e. The van der Waals surface area contributed by atoms with Crippen molar-refractivity contribution in [1.82, 2.24) is 20.6 Å².